The van der Waals surface area contributed by atoms with Gasteiger partial charge in [-0.05, 0) is 55.5 Å². The molecule has 1 amide bonds. The quantitative estimate of drug-likeness (QED) is 0.302. The SMILES string of the molecule is CCn1c2ccccc2c2cc(NC(=O)CSc3nnc(-c4ccc(Cl)cc4)o3)ccc21. The Balaban J connectivity index is 1.28. The maximum Gasteiger partial charge on any atom is 0.277 e. The van der Waals surface area contributed by atoms with Crippen molar-refractivity contribution in [3.05, 3.63) is 71.8 Å². The number of rotatable bonds is 6. The monoisotopic (exact) mass is 462 g/mol. The number of nitrogens with zero attached hydrogens (tertiary/aromatic N) is 3. The summed E-state index contributed by atoms with van der Waals surface area (Å²) in [5.74, 6) is 0.416. The summed E-state index contributed by atoms with van der Waals surface area (Å²) in [6.07, 6.45) is 0. The van der Waals surface area contributed by atoms with Crippen molar-refractivity contribution in [2.75, 3.05) is 11.1 Å². The van der Waals surface area contributed by atoms with Crippen molar-refractivity contribution in [3.8, 4) is 11.5 Å². The zero-order valence-corrected chi connectivity index (χ0v) is 18.8. The zero-order valence-electron chi connectivity index (χ0n) is 17.2. The highest BCUT2D eigenvalue weighted by Gasteiger charge is 2.13. The topological polar surface area (TPSA) is 73.0 Å². The van der Waals surface area contributed by atoms with E-state index >= 15 is 0 Å². The second kappa shape index (κ2) is 8.68. The number of amides is 1. The van der Waals surface area contributed by atoms with E-state index in [2.05, 4.69) is 45.2 Å². The number of nitrogens with one attached hydrogen (secondary N) is 1. The Morgan fingerprint density at radius 1 is 1.03 bits per heavy atom. The summed E-state index contributed by atoms with van der Waals surface area (Å²) < 4.78 is 7.92. The molecule has 0 aliphatic carbocycles. The highest BCUT2D eigenvalue weighted by Crippen LogP contribution is 2.31. The molecule has 3 aromatic carbocycles. The summed E-state index contributed by atoms with van der Waals surface area (Å²) in [4.78, 5) is 12.5. The zero-order chi connectivity index (χ0) is 22.1. The number of hydrogen-bond donors (Lipinski definition) is 1. The Morgan fingerprint density at radius 3 is 2.62 bits per heavy atom. The molecule has 0 unspecified atom stereocenters. The van der Waals surface area contributed by atoms with Crippen LogP contribution in [0, 0.1) is 0 Å². The lowest BCUT2D eigenvalue weighted by molar-refractivity contribution is -0.113. The number of carbonyl (C=O) groups is 1. The lowest BCUT2D eigenvalue weighted by Gasteiger charge is -2.06. The normalized spacial score (nSPS) is 11.3. The molecule has 0 spiro atoms. The Bertz CT molecular complexity index is 1430. The Hall–Kier alpha value is -3.29. The summed E-state index contributed by atoms with van der Waals surface area (Å²) >= 11 is 7.11. The van der Waals surface area contributed by atoms with E-state index in [1.807, 2.05) is 36.4 Å². The van der Waals surface area contributed by atoms with E-state index in [9.17, 15) is 4.79 Å². The van der Waals surface area contributed by atoms with Gasteiger partial charge in [-0.1, -0.05) is 41.6 Å². The van der Waals surface area contributed by atoms with Crippen molar-refractivity contribution in [3.63, 3.8) is 0 Å². The third-order valence-corrected chi connectivity index (χ3v) is 6.27. The predicted octanol–water partition coefficient (Wildman–Crippen LogP) is 6.25. The molecular formula is C24H19ClN4O2S. The van der Waals surface area contributed by atoms with Crippen molar-refractivity contribution in [1.29, 1.82) is 0 Å². The number of anilines is 1. The second-order valence-electron chi connectivity index (χ2n) is 7.21. The lowest BCUT2D eigenvalue weighted by atomic mass is 10.1. The molecule has 8 heteroatoms. The molecular weight excluding hydrogens is 444 g/mol. The molecule has 0 fully saturated rings. The van der Waals surface area contributed by atoms with Crippen LogP contribution in [0.4, 0.5) is 5.69 Å². The number of carbonyl (C=O) groups excluding carboxylic acids is 1. The van der Waals surface area contributed by atoms with Crippen LogP contribution in [0.1, 0.15) is 6.92 Å². The molecule has 2 heterocycles. The number of halogens is 1. The third-order valence-electron chi connectivity index (χ3n) is 5.20. The summed E-state index contributed by atoms with van der Waals surface area (Å²) in [5, 5.41) is 14.3. The van der Waals surface area contributed by atoms with Gasteiger partial charge in [0.1, 0.15) is 0 Å². The Kier molecular flexibility index (Phi) is 5.59. The molecule has 5 aromatic rings. The average molecular weight is 463 g/mol. The minimum absolute atomic E-state index is 0.139. The van der Waals surface area contributed by atoms with Crippen LogP contribution >= 0.6 is 23.4 Å². The molecule has 0 saturated carbocycles. The minimum atomic E-state index is -0.139. The number of hydrogen-bond acceptors (Lipinski definition) is 5. The fourth-order valence-electron chi connectivity index (χ4n) is 3.77. The van der Waals surface area contributed by atoms with Gasteiger partial charge in [0.15, 0.2) is 0 Å². The van der Waals surface area contributed by atoms with Gasteiger partial charge in [0.2, 0.25) is 11.8 Å². The number of aryl methyl sites for hydroxylation is 1. The fourth-order valence-corrected chi connectivity index (χ4v) is 4.46. The van der Waals surface area contributed by atoms with Crippen LogP contribution in [0.25, 0.3) is 33.3 Å². The Labute approximate surface area is 193 Å². The van der Waals surface area contributed by atoms with Crippen molar-refractivity contribution >= 4 is 56.8 Å². The average Bonchev–Trinajstić information content (AvgIpc) is 3.41. The van der Waals surface area contributed by atoms with E-state index in [4.69, 9.17) is 16.0 Å². The molecule has 0 saturated heterocycles. The first-order valence-corrected chi connectivity index (χ1v) is 11.5. The van der Waals surface area contributed by atoms with Crippen LogP contribution in [0.15, 0.2) is 76.4 Å². The number of benzene rings is 3. The molecule has 1 N–H and O–H groups in total. The Morgan fingerprint density at radius 2 is 1.81 bits per heavy atom. The summed E-state index contributed by atoms with van der Waals surface area (Å²) in [6, 6.07) is 21.5. The van der Waals surface area contributed by atoms with E-state index in [1.54, 1.807) is 12.1 Å². The highest BCUT2D eigenvalue weighted by atomic mass is 35.5. The van der Waals surface area contributed by atoms with Gasteiger partial charge in [-0.2, -0.15) is 0 Å². The van der Waals surface area contributed by atoms with E-state index in [1.165, 1.54) is 22.7 Å². The molecule has 0 bridgehead atoms. The molecule has 2 aromatic heterocycles. The molecule has 0 aliphatic heterocycles. The third kappa shape index (κ3) is 3.97. The van der Waals surface area contributed by atoms with Crippen molar-refractivity contribution in [2.24, 2.45) is 0 Å². The van der Waals surface area contributed by atoms with E-state index in [0.717, 1.165) is 28.7 Å². The molecule has 5 rings (SSSR count). The van der Waals surface area contributed by atoms with Gasteiger partial charge in [0.25, 0.3) is 5.22 Å². The minimum Gasteiger partial charge on any atom is -0.411 e. The van der Waals surface area contributed by atoms with Crippen LogP contribution in [-0.2, 0) is 11.3 Å². The largest absolute Gasteiger partial charge is 0.411 e. The molecule has 0 aliphatic rings. The molecule has 160 valence electrons. The van der Waals surface area contributed by atoms with E-state index < -0.39 is 0 Å². The van der Waals surface area contributed by atoms with Crippen molar-refractivity contribution < 1.29 is 9.21 Å². The van der Waals surface area contributed by atoms with Crippen LogP contribution in [0.5, 0.6) is 0 Å². The maximum atomic E-state index is 12.5. The number of aromatic nitrogens is 3. The number of thioether (sulfide) groups is 1. The summed E-state index contributed by atoms with van der Waals surface area (Å²) in [7, 11) is 0. The first-order valence-electron chi connectivity index (χ1n) is 10.2. The molecule has 6 nitrogen and oxygen atoms in total. The number of fused-ring (bicyclic) bond motifs is 3. The molecule has 32 heavy (non-hydrogen) atoms. The first-order chi connectivity index (χ1) is 15.6. The standard InChI is InChI=1S/C24H19ClN4O2S/c1-2-29-20-6-4-3-5-18(20)19-13-17(11-12-21(19)29)26-22(30)14-32-24-28-27-23(31-24)15-7-9-16(25)10-8-15/h3-13H,2,14H2,1H3,(H,26,30). The first kappa shape index (κ1) is 20.6. The van der Waals surface area contributed by atoms with Gasteiger partial charge < -0.3 is 14.3 Å². The van der Waals surface area contributed by atoms with Crippen LogP contribution in [0.3, 0.4) is 0 Å². The van der Waals surface area contributed by atoms with Crippen LogP contribution in [-0.4, -0.2) is 26.4 Å². The number of para-hydroxylation sites is 1. The van der Waals surface area contributed by atoms with Crippen molar-refractivity contribution in [1.82, 2.24) is 14.8 Å². The van der Waals surface area contributed by atoms with Crippen LogP contribution in [0.2, 0.25) is 5.02 Å². The second-order valence-corrected chi connectivity index (χ2v) is 8.57. The smallest absolute Gasteiger partial charge is 0.277 e. The lowest BCUT2D eigenvalue weighted by Crippen LogP contribution is -2.13. The van der Waals surface area contributed by atoms with Crippen LogP contribution < -0.4 is 5.32 Å². The predicted molar refractivity (Wildman–Crippen MR) is 129 cm³/mol. The van der Waals surface area contributed by atoms with Gasteiger partial charge >= 0.3 is 0 Å². The van der Waals surface area contributed by atoms with E-state index in [-0.39, 0.29) is 11.7 Å². The maximum absolute atomic E-state index is 12.5. The highest BCUT2D eigenvalue weighted by molar-refractivity contribution is 7.99. The van der Waals surface area contributed by atoms with E-state index in [0.29, 0.717) is 16.1 Å². The fraction of sp³-hybridized carbons (Fsp3) is 0.125. The van der Waals surface area contributed by atoms with Gasteiger partial charge in [-0.15, -0.1) is 10.2 Å². The molecule has 0 atom stereocenters. The van der Waals surface area contributed by atoms with Gasteiger partial charge in [0, 0.05) is 44.6 Å². The van der Waals surface area contributed by atoms with Gasteiger partial charge in [-0.3, -0.25) is 4.79 Å². The summed E-state index contributed by atoms with van der Waals surface area (Å²) in [6.45, 7) is 3.02. The van der Waals surface area contributed by atoms with Gasteiger partial charge in [0.05, 0.1) is 5.75 Å². The van der Waals surface area contributed by atoms with Gasteiger partial charge in [-0.25, -0.2) is 0 Å². The summed E-state index contributed by atoms with van der Waals surface area (Å²) in [5.41, 5.74) is 3.88. The van der Waals surface area contributed by atoms with Crippen molar-refractivity contribution in [2.45, 2.75) is 18.7 Å². The molecule has 0 radical (unpaired) electrons.